The van der Waals surface area contributed by atoms with Gasteiger partial charge < -0.3 is 9.64 Å². The standard InChI is InChI=1S/C14H17N3O3/c18-13(11-1-3-12(16-19)4-2-11)17-8-5-14(6-9-17)15-7-10-20-14/h1-4,15H,5-10H2. The summed E-state index contributed by atoms with van der Waals surface area (Å²) in [6, 6.07) is 6.42. The Balaban J connectivity index is 1.64. The first-order valence-electron chi connectivity index (χ1n) is 6.84. The summed E-state index contributed by atoms with van der Waals surface area (Å²) < 4.78 is 5.75. The third-order valence-electron chi connectivity index (χ3n) is 4.01. The Morgan fingerprint density at radius 3 is 2.50 bits per heavy atom. The predicted molar refractivity (Wildman–Crippen MR) is 73.7 cm³/mol. The van der Waals surface area contributed by atoms with Crippen molar-refractivity contribution in [1.29, 1.82) is 0 Å². The van der Waals surface area contributed by atoms with Gasteiger partial charge in [-0.25, -0.2) is 0 Å². The van der Waals surface area contributed by atoms with Crippen molar-refractivity contribution in [2.45, 2.75) is 18.6 Å². The summed E-state index contributed by atoms with van der Waals surface area (Å²) in [5.41, 5.74) is 0.707. The number of likely N-dealkylation sites (tertiary alicyclic amines) is 1. The van der Waals surface area contributed by atoms with Gasteiger partial charge in [-0.15, -0.1) is 4.91 Å². The minimum atomic E-state index is -0.220. The molecule has 0 saturated carbocycles. The molecule has 0 aromatic heterocycles. The second-order valence-corrected chi connectivity index (χ2v) is 5.20. The molecular weight excluding hydrogens is 258 g/mol. The Morgan fingerprint density at radius 1 is 1.25 bits per heavy atom. The molecule has 20 heavy (non-hydrogen) atoms. The van der Waals surface area contributed by atoms with Crippen LogP contribution in [0.2, 0.25) is 0 Å². The van der Waals surface area contributed by atoms with Crippen molar-refractivity contribution < 1.29 is 9.53 Å². The first-order chi connectivity index (χ1) is 9.72. The zero-order valence-corrected chi connectivity index (χ0v) is 11.2. The zero-order valence-electron chi connectivity index (χ0n) is 11.2. The first-order valence-corrected chi connectivity index (χ1v) is 6.84. The van der Waals surface area contributed by atoms with Crippen molar-refractivity contribution in [3.05, 3.63) is 34.7 Å². The van der Waals surface area contributed by atoms with E-state index in [9.17, 15) is 9.70 Å². The summed E-state index contributed by atoms with van der Waals surface area (Å²) in [6.07, 6.45) is 1.62. The molecule has 6 heteroatoms. The lowest BCUT2D eigenvalue weighted by Gasteiger charge is -2.38. The van der Waals surface area contributed by atoms with Gasteiger partial charge in [-0.1, -0.05) is 0 Å². The molecule has 1 aromatic carbocycles. The number of hydrogen-bond acceptors (Lipinski definition) is 5. The van der Waals surface area contributed by atoms with Crippen LogP contribution in [0, 0.1) is 4.91 Å². The van der Waals surface area contributed by atoms with E-state index in [2.05, 4.69) is 10.5 Å². The minimum Gasteiger partial charge on any atom is -0.359 e. The number of amides is 1. The van der Waals surface area contributed by atoms with Crippen LogP contribution in [0.4, 0.5) is 5.69 Å². The third-order valence-corrected chi connectivity index (χ3v) is 4.01. The highest BCUT2D eigenvalue weighted by Crippen LogP contribution is 2.27. The van der Waals surface area contributed by atoms with Gasteiger partial charge in [0.25, 0.3) is 5.91 Å². The molecule has 0 bridgehead atoms. The number of carbonyl (C=O) groups excluding carboxylic acids is 1. The highest BCUT2D eigenvalue weighted by Gasteiger charge is 2.39. The number of carbonyl (C=O) groups is 1. The quantitative estimate of drug-likeness (QED) is 0.833. The van der Waals surface area contributed by atoms with Gasteiger partial charge in [0.1, 0.15) is 11.4 Å². The second-order valence-electron chi connectivity index (χ2n) is 5.20. The van der Waals surface area contributed by atoms with Gasteiger partial charge in [-0.2, -0.15) is 0 Å². The molecule has 2 fully saturated rings. The van der Waals surface area contributed by atoms with Crippen LogP contribution in [0.1, 0.15) is 23.2 Å². The monoisotopic (exact) mass is 275 g/mol. The lowest BCUT2D eigenvalue weighted by Crippen LogP contribution is -2.52. The van der Waals surface area contributed by atoms with Crippen molar-refractivity contribution in [1.82, 2.24) is 10.2 Å². The molecule has 2 aliphatic heterocycles. The summed E-state index contributed by atoms with van der Waals surface area (Å²) in [4.78, 5) is 24.6. The van der Waals surface area contributed by atoms with Gasteiger partial charge in [0.05, 0.1) is 6.61 Å². The maximum Gasteiger partial charge on any atom is 0.253 e. The Hall–Kier alpha value is -1.79. The molecule has 3 rings (SSSR count). The van der Waals surface area contributed by atoms with E-state index in [1.54, 1.807) is 24.3 Å². The van der Waals surface area contributed by atoms with Gasteiger partial charge in [-0.05, 0) is 29.4 Å². The number of benzene rings is 1. The third kappa shape index (κ3) is 2.44. The van der Waals surface area contributed by atoms with Crippen LogP contribution in [0.25, 0.3) is 0 Å². The van der Waals surface area contributed by atoms with E-state index in [1.165, 1.54) is 0 Å². The fourth-order valence-electron chi connectivity index (χ4n) is 2.82. The number of ether oxygens (including phenoxy) is 1. The fourth-order valence-corrected chi connectivity index (χ4v) is 2.82. The van der Waals surface area contributed by atoms with Gasteiger partial charge in [0, 0.05) is 38.0 Å². The largest absolute Gasteiger partial charge is 0.359 e. The molecular formula is C14H17N3O3. The fraction of sp³-hybridized carbons (Fsp3) is 0.500. The van der Waals surface area contributed by atoms with Crippen LogP contribution in [-0.4, -0.2) is 42.8 Å². The molecule has 1 N–H and O–H groups in total. The lowest BCUT2D eigenvalue weighted by atomic mass is 10.00. The van der Waals surface area contributed by atoms with E-state index in [-0.39, 0.29) is 11.6 Å². The van der Waals surface area contributed by atoms with Gasteiger partial charge >= 0.3 is 0 Å². The summed E-state index contributed by atoms with van der Waals surface area (Å²) in [7, 11) is 0. The van der Waals surface area contributed by atoms with Crippen molar-refractivity contribution in [2.24, 2.45) is 5.18 Å². The summed E-state index contributed by atoms with van der Waals surface area (Å²) in [5, 5.41) is 6.21. The maximum atomic E-state index is 12.4. The molecule has 0 radical (unpaired) electrons. The number of piperidine rings is 1. The molecule has 2 aliphatic rings. The highest BCUT2D eigenvalue weighted by molar-refractivity contribution is 5.94. The number of nitroso groups, excluding NO2 is 1. The Kier molecular flexibility index (Phi) is 3.50. The van der Waals surface area contributed by atoms with E-state index in [4.69, 9.17) is 4.74 Å². The molecule has 1 aromatic rings. The van der Waals surface area contributed by atoms with Gasteiger partial charge in [0.2, 0.25) is 0 Å². The first kappa shape index (κ1) is 13.2. The SMILES string of the molecule is O=Nc1ccc(C(=O)N2CCC3(CC2)NCCO3)cc1. The zero-order chi connectivity index (χ0) is 14.0. The topological polar surface area (TPSA) is 71.0 Å². The molecule has 1 spiro atoms. The number of hydrogen-bond donors (Lipinski definition) is 1. The van der Waals surface area contributed by atoms with Gasteiger partial charge in [0.15, 0.2) is 0 Å². The van der Waals surface area contributed by atoms with Crippen LogP contribution < -0.4 is 5.32 Å². The summed E-state index contributed by atoms with van der Waals surface area (Å²) in [5.74, 6) is -0.00436. The Labute approximate surface area is 117 Å². The predicted octanol–water partition coefficient (Wildman–Crippen LogP) is 1.64. The number of rotatable bonds is 2. The van der Waals surface area contributed by atoms with E-state index in [0.717, 1.165) is 26.0 Å². The van der Waals surface area contributed by atoms with Gasteiger partial charge in [-0.3, -0.25) is 10.1 Å². The highest BCUT2D eigenvalue weighted by atomic mass is 16.5. The van der Waals surface area contributed by atoms with E-state index < -0.39 is 0 Å². The van der Waals surface area contributed by atoms with Crippen LogP contribution in [-0.2, 0) is 4.74 Å². The normalized spacial score (nSPS) is 21.1. The average molecular weight is 275 g/mol. The van der Waals surface area contributed by atoms with Crippen molar-refractivity contribution >= 4 is 11.6 Å². The minimum absolute atomic E-state index is 0.00436. The van der Waals surface area contributed by atoms with Crippen molar-refractivity contribution in [3.8, 4) is 0 Å². The summed E-state index contributed by atoms with van der Waals surface area (Å²) in [6.45, 7) is 2.99. The Bertz CT molecular complexity index is 499. The van der Waals surface area contributed by atoms with Crippen molar-refractivity contribution in [3.63, 3.8) is 0 Å². The summed E-state index contributed by atoms with van der Waals surface area (Å²) >= 11 is 0. The molecule has 0 atom stereocenters. The number of nitrogens with one attached hydrogen (secondary N) is 1. The average Bonchev–Trinajstić information content (AvgIpc) is 2.96. The molecule has 6 nitrogen and oxygen atoms in total. The lowest BCUT2D eigenvalue weighted by molar-refractivity contribution is -0.0515. The number of nitrogens with zero attached hydrogens (tertiary/aromatic N) is 2. The van der Waals surface area contributed by atoms with E-state index in [0.29, 0.717) is 24.3 Å². The Morgan fingerprint density at radius 2 is 1.95 bits per heavy atom. The molecule has 106 valence electrons. The molecule has 1 amide bonds. The smallest absolute Gasteiger partial charge is 0.253 e. The van der Waals surface area contributed by atoms with Crippen LogP contribution in [0.15, 0.2) is 29.4 Å². The maximum absolute atomic E-state index is 12.4. The second kappa shape index (κ2) is 5.30. The molecule has 0 unspecified atom stereocenters. The van der Waals surface area contributed by atoms with E-state index in [1.807, 2.05) is 4.90 Å². The molecule has 2 heterocycles. The van der Waals surface area contributed by atoms with Crippen LogP contribution in [0.5, 0.6) is 0 Å². The van der Waals surface area contributed by atoms with Crippen LogP contribution in [0.3, 0.4) is 0 Å². The molecule has 2 saturated heterocycles. The molecule has 0 aliphatic carbocycles. The van der Waals surface area contributed by atoms with Crippen LogP contribution >= 0.6 is 0 Å². The van der Waals surface area contributed by atoms with E-state index >= 15 is 0 Å². The van der Waals surface area contributed by atoms with Crippen molar-refractivity contribution in [2.75, 3.05) is 26.2 Å².